The number of nitrogens with two attached hydrogens (primary N) is 1. The van der Waals surface area contributed by atoms with Crippen LogP contribution in [-0.2, 0) is 6.42 Å². The summed E-state index contributed by atoms with van der Waals surface area (Å²) in [7, 11) is 0. The number of nitrogens with one attached hydrogen (secondary N) is 1. The first kappa shape index (κ1) is 10.7. The van der Waals surface area contributed by atoms with Crippen LogP contribution in [0.1, 0.15) is 30.3 Å². The summed E-state index contributed by atoms with van der Waals surface area (Å²) in [6, 6.07) is 0.0885. The summed E-state index contributed by atoms with van der Waals surface area (Å²) in [6.45, 7) is 4.23. The Morgan fingerprint density at radius 2 is 2.43 bits per heavy atom. The van der Waals surface area contributed by atoms with Crippen LogP contribution in [0, 0.1) is 0 Å². The Bertz CT molecular complexity index is 307. The second kappa shape index (κ2) is 4.76. The fraction of sp³-hybridized carbons (Fsp3) is 0.556. The van der Waals surface area contributed by atoms with E-state index < -0.39 is 0 Å². The number of rotatable bonds is 4. The topological polar surface area (TPSA) is 81.2 Å². The molecule has 0 aliphatic heterocycles. The minimum absolute atomic E-state index is 0.0885. The van der Waals surface area contributed by atoms with Crippen LogP contribution in [0.5, 0.6) is 0 Å². The Hall–Kier alpha value is -1.36. The van der Waals surface area contributed by atoms with E-state index in [1.807, 2.05) is 13.8 Å². The normalized spacial score (nSPS) is 10.6. The molecule has 1 heterocycles. The summed E-state index contributed by atoms with van der Waals surface area (Å²) in [4.78, 5) is 15.3. The monoisotopic (exact) mass is 197 g/mol. The Morgan fingerprint density at radius 1 is 1.71 bits per heavy atom. The molecule has 3 N–H and O–H groups in total. The number of oxazole rings is 1. The van der Waals surface area contributed by atoms with Crippen molar-refractivity contribution in [3.63, 3.8) is 0 Å². The van der Waals surface area contributed by atoms with Crippen LogP contribution in [-0.4, -0.2) is 23.5 Å². The van der Waals surface area contributed by atoms with E-state index >= 15 is 0 Å². The van der Waals surface area contributed by atoms with Crippen molar-refractivity contribution in [1.29, 1.82) is 0 Å². The molecule has 1 rings (SSSR count). The Balaban J connectivity index is 2.62. The minimum atomic E-state index is -0.240. The van der Waals surface area contributed by atoms with Crippen LogP contribution in [0.2, 0.25) is 0 Å². The molecular formula is C9H15N3O2. The van der Waals surface area contributed by atoms with Crippen molar-refractivity contribution in [1.82, 2.24) is 10.3 Å². The maximum absolute atomic E-state index is 11.4. The van der Waals surface area contributed by atoms with Crippen LogP contribution in [0.25, 0.3) is 0 Å². The van der Waals surface area contributed by atoms with Crippen molar-refractivity contribution >= 4 is 5.91 Å². The number of nitrogens with zero attached hydrogens (tertiary/aromatic N) is 1. The van der Waals surface area contributed by atoms with E-state index in [0.717, 1.165) is 0 Å². The summed E-state index contributed by atoms with van der Waals surface area (Å²) < 4.78 is 5.18. The van der Waals surface area contributed by atoms with E-state index in [4.69, 9.17) is 10.2 Å². The lowest BCUT2D eigenvalue weighted by molar-refractivity contribution is 0.0913. The van der Waals surface area contributed by atoms with Crippen LogP contribution in [0.3, 0.4) is 0 Å². The van der Waals surface area contributed by atoms with Crippen molar-refractivity contribution in [2.75, 3.05) is 6.54 Å². The van der Waals surface area contributed by atoms with Crippen molar-refractivity contribution in [2.45, 2.75) is 26.3 Å². The van der Waals surface area contributed by atoms with Gasteiger partial charge in [0.25, 0.3) is 5.91 Å². The molecule has 0 aromatic carbocycles. The van der Waals surface area contributed by atoms with Gasteiger partial charge >= 0.3 is 0 Å². The molecule has 5 heteroatoms. The standard InChI is InChI=1S/C9H15N3O2/c1-6(2)12-9(13)7-5-11-8(14-7)3-4-10/h5-6H,3-4,10H2,1-2H3,(H,12,13). The number of carbonyl (C=O) groups excluding carboxylic acids is 1. The third kappa shape index (κ3) is 2.85. The second-order valence-electron chi connectivity index (χ2n) is 3.29. The van der Waals surface area contributed by atoms with Gasteiger partial charge in [-0.05, 0) is 13.8 Å². The maximum atomic E-state index is 11.4. The average Bonchev–Trinajstić information content (AvgIpc) is 2.52. The van der Waals surface area contributed by atoms with Gasteiger partial charge in [0.15, 0.2) is 5.89 Å². The molecule has 0 saturated heterocycles. The average molecular weight is 197 g/mol. The quantitative estimate of drug-likeness (QED) is 0.728. The summed E-state index contributed by atoms with van der Waals surface area (Å²) in [6.07, 6.45) is 1.97. The van der Waals surface area contributed by atoms with Gasteiger partial charge in [0.2, 0.25) is 5.76 Å². The molecule has 0 unspecified atom stereocenters. The van der Waals surface area contributed by atoms with Crippen molar-refractivity contribution in [3.8, 4) is 0 Å². The summed E-state index contributed by atoms with van der Waals surface area (Å²) in [5.41, 5.74) is 5.33. The Morgan fingerprint density at radius 3 is 3.00 bits per heavy atom. The predicted molar refractivity (Wildman–Crippen MR) is 51.9 cm³/mol. The second-order valence-corrected chi connectivity index (χ2v) is 3.29. The number of hydrogen-bond acceptors (Lipinski definition) is 4. The third-order valence-corrected chi connectivity index (χ3v) is 1.56. The van der Waals surface area contributed by atoms with E-state index in [1.165, 1.54) is 6.20 Å². The summed E-state index contributed by atoms with van der Waals surface area (Å²) >= 11 is 0. The highest BCUT2D eigenvalue weighted by atomic mass is 16.4. The molecule has 0 saturated carbocycles. The fourth-order valence-corrected chi connectivity index (χ4v) is 0.988. The molecule has 5 nitrogen and oxygen atoms in total. The Labute approximate surface area is 82.7 Å². The van der Waals surface area contributed by atoms with Crippen LogP contribution in [0.4, 0.5) is 0 Å². The predicted octanol–water partition coefficient (Wildman–Crippen LogP) is 0.314. The molecular weight excluding hydrogens is 182 g/mol. The fourth-order valence-electron chi connectivity index (χ4n) is 0.988. The molecule has 0 radical (unpaired) electrons. The van der Waals surface area contributed by atoms with Gasteiger partial charge < -0.3 is 15.5 Å². The van der Waals surface area contributed by atoms with Gasteiger partial charge in [0.1, 0.15) is 0 Å². The van der Waals surface area contributed by atoms with Gasteiger partial charge in [-0.25, -0.2) is 4.98 Å². The lowest BCUT2D eigenvalue weighted by Gasteiger charge is -2.04. The molecule has 0 atom stereocenters. The number of carbonyl (C=O) groups is 1. The third-order valence-electron chi connectivity index (χ3n) is 1.56. The highest BCUT2D eigenvalue weighted by Gasteiger charge is 2.12. The largest absolute Gasteiger partial charge is 0.436 e. The maximum Gasteiger partial charge on any atom is 0.288 e. The molecule has 0 fully saturated rings. The first-order chi connectivity index (χ1) is 6.63. The molecule has 0 aliphatic carbocycles. The smallest absolute Gasteiger partial charge is 0.288 e. The van der Waals surface area contributed by atoms with Gasteiger partial charge in [-0.1, -0.05) is 0 Å². The SMILES string of the molecule is CC(C)NC(=O)c1cnc(CCN)o1. The van der Waals surface area contributed by atoms with Crippen molar-refractivity contribution in [2.24, 2.45) is 5.73 Å². The zero-order valence-electron chi connectivity index (χ0n) is 8.41. The van der Waals surface area contributed by atoms with E-state index in [2.05, 4.69) is 10.3 Å². The van der Waals surface area contributed by atoms with Crippen molar-refractivity contribution < 1.29 is 9.21 Å². The lowest BCUT2D eigenvalue weighted by Crippen LogP contribution is -2.29. The van der Waals surface area contributed by atoms with Crippen molar-refractivity contribution in [3.05, 3.63) is 17.8 Å². The zero-order valence-corrected chi connectivity index (χ0v) is 8.41. The molecule has 1 aromatic heterocycles. The van der Waals surface area contributed by atoms with Crippen LogP contribution in [0.15, 0.2) is 10.6 Å². The first-order valence-electron chi connectivity index (χ1n) is 4.59. The Kier molecular flexibility index (Phi) is 3.64. The van der Waals surface area contributed by atoms with Gasteiger partial charge in [-0.15, -0.1) is 0 Å². The number of amides is 1. The van der Waals surface area contributed by atoms with Gasteiger partial charge in [0, 0.05) is 19.0 Å². The van der Waals surface area contributed by atoms with E-state index in [1.54, 1.807) is 0 Å². The molecule has 78 valence electrons. The van der Waals surface area contributed by atoms with E-state index in [-0.39, 0.29) is 17.7 Å². The molecule has 1 aromatic rings. The van der Waals surface area contributed by atoms with Gasteiger partial charge in [0.05, 0.1) is 6.20 Å². The molecule has 0 bridgehead atoms. The van der Waals surface area contributed by atoms with E-state index in [0.29, 0.717) is 18.9 Å². The molecule has 1 amide bonds. The highest BCUT2D eigenvalue weighted by Crippen LogP contribution is 2.03. The number of aromatic nitrogens is 1. The molecule has 0 aliphatic rings. The highest BCUT2D eigenvalue weighted by molar-refractivity contribution is 5.91. The van der Waals surface area contributed by atoms with Gasteiger partial charge in [-0.2, -0.15) is 0 Å². The summed E-state index contributed by atoms with van der Waals surface area (Å²) in [5.74, 6) is 0.499. The number of hydrogen-bond donors (Lipinski definition) is 2. The van der Waals surface area contributed by atoms with Gasteiger partial charge in [-0.3, -0.25) is 4.79 Å². The molecule has 14 heavy (non-hydrogen) atoms. The van der Waals surface area contributed by atoms with Crippen LogP contribution < -0.4 is 11.1 Å². The molecule has 0 spiro atoms. The van der Waals surface area contributed by atoms with Crippen LogP contribution >= 0.6 is 0 Å². The minimum Gasteiger partial charge on any atom is -0.436 e. The zero-order chi connectivity index (χ0) is 10.6. The van der Waals surface area contributed by atoms with E-state index in [9.17, 15) is 4.79 Å². The summed E-state index contributed by atoms with van der Waals surface area (Å²) in [5, 5.41) is 2.71. The lowest BCUT2D eigenvalue weighted by atomic mass is 10.3. The first-order valence-corrected chi connectivity index (χ1v) is 4.59.